The Kier molecular flexibility index (Phi) is 6.54. The van der Waals surface area contributed by atoms with Gasteiger partial charge in [0.2, 0.25) is 5.91 Å². The molecule has 5 heteroatoms. The average molecular weight is 343 g/mol. The molecule has 1 aliphatic heterocycles. The number of halogens is 2. The van der Waals surface area contributed by atoms with Crippen LogP contribution in [0.2, 0.25) is 10.0 Å². The second kappa shape index (κ2) is 8.19. The lowest BCUT2D eigenvalue weighted by molar-refractivity contribution is -0.123. The molecule has 0 saturated carbocycles. The SMILES string of the molecule is CC(NC(=O)CC(C)C1CCCNC1)c1ccc(Cl)c(Cl)c1. The van der Waals surface area contributed by atoms with Gasteiger partial charge in [-0.1, -0.05) is 36.2 Å². The topological polar surface area (TPSA) is 41.1 Å². The van der Waals surface area contributed by atoms with Gasteiger partial charge in [0.05, 0.1) is 16.1 Å². The molecule has 1 aliphatic rings. The van der Waals surface area contributed by atoms with E-state index in [0.717, 1.165) is 18.7 Å². The van der Waals surface area contributed by atoms with E-state index in [9.17, 15) is 4.79 Å². The molecule has 2 N–H and O–H groups in total. The molecule has 3 unspecified atom stereocenters. The summed E-state index contributed by atoms with van der Waals surface area (Å²) in [5, 5.41) is 7.51. The Labute approximate surface area is 142 Å². The summed E-state index contributed by atoms with van der Waals surface area (Å²) < 4.78 is 0. The van der Waals surface area contributed by atoms with Crippen LogP contribution in [0.15, 0.2) is 18.2 Å². The van der Waals surface area contributed by atoms with Crippen LogP contribution in [0.5, 0.6) is 0 Å². The fourth-order valence-corrected chi connectivity index (χ4v) is 3.30. The van der Waals surface area contributed by atoms with E-state index in [1.54, 1.807) is 6.07 Å². The molecule has 3 nitrogen and oxygen atoms in total. The molecule has 0 spiro atoms. The Balaban J connectivity index is 1.86. The second-order valence-electron chi connectivity index (χ2n) is 6.25. The van der Waals surface area contributed by atoms with E-state index in [2.05, 4.69) is 17.6 Å². The Hall–Kier alpha value is -0.770. The van der Waals surface area contributed by atoms with Crippen molar-refractivity contribution < 1.29 is 4.79 Å². The molecule has 1 amide bonds. The predicted octanol–water partition coefficient (Wildman–Crippen LogP) is 4.20. The first-order chi connectivity index (χ1) is 10.5. The molecular formula is C17H24Cl2N2O. The van der Waals surface area contributed by atoms with E-state index in [0.29, 0.717) is 28.3 Å². The molecule has 3 atom stereocenters. The van der Waals surface area contributed by atoms with Gasteiger partial charge >= 0.3 is 0 Å². The number of carbonyl (C=O) groups is 1. The Morgan fingerprint density at radius 1 is 1.36 bits per heavy atom. The molecule has 0 bridgehead atoms. The van der Waals surface area contributed by atoms with Gasteiger partial charge in [-0.15, -0.1) is 0 Å². The molecule has 1 saturated heterocycles. The standard InChI is InChI=1S/C17H24Cl2N2O/c1-11(14-4-3-7-20-10-14)8-17(22)21-12(2)13-5-6-15(18)16(19)9-13/h5-6,9,11-12,14,20H,3-4,7-8,10H2,1-2H3,(H,21,22). The lowest BCUT2D eigenvalue weighted by Gasteiger charge is -2.28. The van der Waals surface area contributed by atoms with Crippen molar-refractivity contribution in [1.82, 2.24) is 10.6 Å². The summed E-state index contributed by atoms with van der Waals surface area (Å²) in [5.74, 6) is 1.09. The van der Waals surface area contributed by atoms with Crippen LogP contribution in [-0.2, 0) is 4.79 Å². The summed E-state index contributed by atoms with van der Waals surface area (Å²) in [5.41, 5.74) is 0.967. The number of benzene rings is 1. The van der Waals surface area contributed by atoms with Gasteiger partial charge in [0, 0.05) is 6.42 Å². The van der Waals surface area contributed by atoms with Gasteiger partial charge in [-0.05, 0) is 62.4 Å². The summed E-state index contributed by atoms with van der Waals surface area (Å²) in [6.45, 7) is 6.26. The van der Waals surface area contributed by atoms with E-state index >= 15 is 0 Å². The molecule has 1 fully saturated rings. The number of hydrogen-bond acceptors (Lipinski definition) is 2. The van der Waals surface area contributed by atoms with Crippen LogP contribution in [0.1, 0.15) is 44.7 Å². The number of carbonyl (C=O) groups excluding carboxylic acids is 1. The highest BCUT2D eigenvalue weighted by atomic mass is 35.5. The van der Waals surface area contributed by atoms with Crippen LogP contribution in [0, 0.1) is 11.8 Å². The maximum absolute atomic E-state index is 12.2. The van der Waals surface area contributed by atoms with Crippen LogP contribution in [0.4, 0.5) is 0 Å². The molecular weight excluding hydrogens is 319 g/mol. The number of nitrogens with one attached hydrogen (secondary N) is 2. The minimum Gasteiger partial charge on any atom is -0.350 e. The van der Waals surface area contributed by atoms with Crippen molar-refractivity contribution in [3.05, 3.63) is 33.8 Å². The third kappa shape index (κ3) is 4.87. The summed E-state index contributed by atoms with van der Waals surface area (Å²) in [6.07, 6.45) is 2.98. The van der Waals surface area contributed by atoms with E-state index < -0.39 is 0 Å². The highest BCUT2D eigenvalue weighted by Gasteiger charge is 2.22. The van der Waals surface area contributed by atoms with Crippen LogP contribution in [0.3, 0.4) is 0 Å². The van der Waals surface area contributed by atoms with E-state index in [1.807, 2.05) is 19.1 Å². The fraction of sp³-hybridized carbons (Fsp3) is 0.588. The highest BCUT2D eigenvalue weighted by molar-refractivity contribution is 6.42. The summed E-state index contributed by atoms with van der Waals surface area (Å²) in [6, 6.07) is 5.40. The summed E-state index contributed by atoms with van der Waals surface area (Å²) >= 11 is 11.9. The van der Waals surface area contributed by atoms with E-state index in [4.69, 9.17) is 23.2 Å². The van der Waals surface area contributed by atoms with Gasteiger partial charge in [0.1, 0.15) is 0 Å². The Bertz CT molecular complexity index is 515. The predicted molar refractivity (Wildman–Crippen MR) is 92.4 cm³/mol. The van der Waals surface area contributed by atoms with Crippen molar-refractivity contribution in [2.45, 2.75) is 39.2 Å². The molecule has 0 radical (unpaired) electrons. The van der Waals surface area contributed by atoms with Gasteiger partial charge in [0.25, 0.3) is 0 Å². The van der Waals surface area contributed by atoms with Crippen molar-refractivity contribution in [3.8, 4) is 0 Å². The second-order valence-corrected chi connectivity index (χ2v) is 7.06. The maximum atomic E-state index is 12.2. The van der Waals surface area contributed by atoms with E-state index in [-0.39, 0.29) is 11.9 Å². The quantitative estimate of drug-likeness (QED) is 0.841. The monoisotopic (exact) mass is 342 g/mol. The van der Waals surface area contributed by atoms with Crippen LogP contribution >= 0.6 is 23.2 Å². The molecule has 22 heavy (non-hydrogen) atoms. The molecule has 1 aromatic rings. The number of amides is 1. The maximum Gasteiger partial charge on any atom is 0.220 e. The highest BCUT2D eigenvalue weighted by Crippen LogP contribution is 2.26. The van der Waals surface area contributed by atoms with Crippen LogP contribution in [-0.4, -0.2) is 19.0 Å². The first kappa shape index (κ1) is 17.6. The Morgan fingerprint density at radius 2 is 2.14 bits per heavy atom. The normalized spacial score (nSPS) is 21.2. The van der Waals surface area contributed by atoms with Gasteiger partial charge in [-0.25, -0.2) is 0 Å². The molecule has 0 aliphatic carbocycles. The summed E-state index contributed by atoms with van der Waals surface area (Å²) in [7, 11) is 0. The van der Waals surface area contributed by atoms with Gasteiger partial charge in [-0.2, -0.15) is 0 Å². The summed E-state index contributed by atoms with van der Waals surface area (Å²) in [4.78, 5) is 12.2. The third-order valence-electron chi connectivity index (χ3n) is 4.47. The van der Waals surface area contributed by atoms with E-state index in [1.165, 1.54) is 12.8 Å². The molecule has 1 aromatic carbocycles. The van der Waals surface area contributed by atoms with Crippen molar-refractivity contribution in [2.75, 3.05) is 13.1 Å². The third-order valence-corrected chi connectivity index (χ3v) is 5.21. The van der Waals surface area contributed by atoms with Crippen molar-refractivity contribution in [3.63, 3.8) is 0 Å². The largest absolute Gasteiger partial charge is 0.350 e. The van der Waals surface area contributed by atoms with Crippen molar-refractivity contribution in [1.29, 1.82) is 0 Å². The van der Waals surface area contributed by atoms with Crippen molar-refractivity contribution >= 4 is 29.1 Å². The number of rotatable bonds is 5. The smallest absolute Gasteiger partial charge is 0.220 e. The molecule has 122 valence electrons. The first-order valence-corrected chi connectivity index (χ1v) is 8.68. The Morgan fingerprint density at radius 3 is 2.77 bits per heavy atom. The minimum atomic E-state index is -0.0704. The number of piperidine rings is 1. The zero-order valence-corrected chi connectivity index (χ0v) is 14.7. The first-order valence-electron chi connectivity index (χ1n) is 7.92. The molecule has 2 rings (SSSR count). The van der Waals surface area contributed by atoms with Crippen LogP contribution in [0.25, 0.3) is 0 Å². The minimum absolute atomic E-state index is 0.0704. The van der Waals surface area contributed by atoms with Gasteiger partial charge in [0.15, 0.2) is 0 Å². The van der Waals surface area contributed by atoms with Gasteiger partial charge in [-0.3, -0.25) is 4.79 Å². The lowest BCUT2D eigenvalue weighted by Crippen LogP contribution is -2.36. The lowest BCUT2D eigenvalue weighted by atomic mass is 9.85. The zero-order valence-electron chi connectivity index (χ0n) is 13.2. The zero-order chi connectivity index (χ0) is 16.1. The molecule has 0 aromatic heterocycles. The molecule has 1 heterocycles. The van der Waals surface area contributed by atoms with Gasteiger partial charge < -0.3 is 10.6 Å². The fourth-order valence-electron chi connectivity index (χ4n) is 2.99. The van der Waals surface area contributed by atoms with Crippen molar-refractivity contribution in [2.24, 2.45) is 11.8 Å². The average Bonchev–Trinajstić information content (AvgIpc) is 2.50. The van der Waals surface area contributed by atoms with Crippen LogP contribution < -0.4 is 10.6 Å². The number of hydrogen-bond donors (Lipinski definition) is 2.